The lowest BCUT2D eigenvalue weighted by molar-refractivity contribution is 0.0187. The van der Waals surface area contributed by atoms with Crippen molar-refractivity contribution in [2.45, 2.75) is 64.4 Å². The molecule has 5 heteroatoms. The van der Waals surface area contributed by atoms with Crippen LogP contribution in [0.1, 0.15) is 67.8 Å². The molecule has 146 valence electrons. The lowest BCUT2D eigenvalue weighted by atomic mass is 9.88. The third kappa shape index (κ3) is 5.39. The van der Waals surface area contributed by atoms with Crippen molar-refractivity contribution >= 4 is 5.97 Å². The number of unbranched alkanes of at least 4 members (excludes halogenated alkanes) is 2. The van der Waals surface area contributed by atoms with E-state index < -0.39 is 0 Å². The molecule has 1 aliphatic carbocycles. The molecule has 1 saturated carbocycles. The number of rotatable bonds is 7. The zero-order valence-electron chi connectivity index (χ0n) is 16.4. The van der Waals surface area contributed by atoms with Gasteiger partial charge in [0, 0.05) is 23.9 Å². The maximum atomic E-state index is 12.4. The van der Waals surface area contributed by atoms with E-state index in [1.165, 1.54) is 12.8 Å². The molecule has 0 amide bonds. The van der Waals surface area contributed by atoms with Crippen LogP contribution in [0.3, 0.4) is 0 Å². The highest BCUT2D eigenvalue weighted by molar-refractivity contribution is 5.90. The minimum absolute atomic E-state index is 0.0830. The number of carbonyl (C=O) groups excluding carboxylic acids is 1. The molecule has 1 aliphatic rings. The molecule has 1 aromatic carbocycles. The summed E-state index contributed by atoms with van der Waals surface area (Å²) in [5, 5.41) is 8.95. The van der Waals surface area contributed by atoms with Crippen LogP contribution in [-0.4, -0.2) is 22.0 Å². The van der Waals surface area contributed by atoms with E-state index in [0.717, 1.165) is 49.7 Å². The van der Waals surface area contributed by atoms with E-state index in [2.05, 4.69) is 23.0 Å². The summed E-state index contributed by atoms with van der Waals surface area (Å²) >= 11 is 0. The van der Waals surface area contributed by atoms with E-state index in [-0.39, 0.29) is 18.0 Å². The van der Waals surface area contributed by atoms with E-state index in [1.54, 1.807) is 12.1 Å². The fourth-order valence-electron chi connectivity index (χ4n) is 3.50. The Balaban J connectivity index is 1.55. The second-order valence-electron chi connectivity index (χ2n) is 7.46. The number of ether oxygens (including phenoxy) is 1. The van der Waals surface area contributed by atoms with Crippen LogP contribution in [0.4, 0.5) is 0 Å². The van der Waals surface area contributed by atoms with Crippen molar-refractivity contribution in [3.05, 3.63) is 47.8 Å². The summed E-state index contributed by atoms with van der Waals surface area (Å²) in [4.78, 5) is 21.3. The van der Waals surface area contributed by atoms with Gasteiger partial charge in [0.25, 0.3) is 0 Å². The number of esters is 1. The first kappa shape index (κ1) is 20.0. The Hall–Kier alpha value is -2.74. The number of carbonyl (C=O) groups is 1. The van der Waals surface area contributed by atoms with Gasteiger partial charge in [-0.15, -0.1) is 0 Å². The molecule has 0 spiro atoms. The number of aryl methyl sites for hydroxylation is 1. The summed E-state index contributed by atoms with van der Waals surface area (Å²) < 4.78 is 5.60. The third-order valence-corrected chi connectivity index (χ3v) is 5.28. The standard InChI is InChI=1S/C23H27N3O2/c1-2-3-4-5-18-15-25-22(26-16-18)19-8-10-20(11-9-19)23(27)28-21-12-6-17(14-24)7-13-21/h8-11,15-17,21H,2-7,12-13H2,1H3. The lowest BCUT2D eigenvalue weighted by Crippen LogP contribution is -2.24. The molecule has 0 saturated heterocycles. The Kier molecular flexibility index (Phi) is 7.13. The smallest absolute Gasteiger partial charge is 0.338 e. The average molecular weight is 377 g/mol. The average Bonchev–Trinajstić information content (AvgIpc) is 2.75. The van der Waals surface area contributed by atoms with E-state index in [4.69, 9.17) is 10.00 Å². The first-order valence-electron chi connectivity index (χ1n) is 10.2. The fourth-order valence-corrected chi connectivity index (χ4v) is 3.50. The molecular weight excluding hydrogens is 350 g/mol. The number of hydrogen-bond acceptors (Lipinski definition) is 5. The Morgan fingerprint density at radius 2 is 1.79 bits per heavy atom. The van der Waals surface area contributed by atoms with E-state index in [1.807, 2.05) is 24.5 Å². The molecule has 0 aliphatic heterocycles. The van der Waals surface area contributed by atoms with Gasteiger partial charge in [-0.25, -0.2) is 14.8 Å². The first-order valence-corrected chi connectivity index (χ1v) is 10.2. The van der Waals surface area contributed by atoms with Crippen LogP contribution in [0.15, 0.2) is 36.7 Å². The summed E-state index contributed by atoms with van der Waals surface area (Å²) in [5.41, 5.74) is 2.57. The highest BCUT2D eigenvalue weighted by Crippen LogP contribution is 2.26. The molecule has 0 atom stereocenters. The Morgan fingerprint density at radius 3 is 2.39 bits per heavy atom. The zero-order valence-corrected chi connectivity index (χ0v) is 16.4. The number of benzene rings is 1. The summed E-state index contributed by atoms with van der Waals surface area (Å²) in [5.74, 6) is 0.459. The molecule has 0 N–H and O–H groups in total. The van der Waals surface area contributed by atoms with Gasteiger partial charge in [0.1, 0.15) is 6.10 Å². The zero-order chi connectivity index (χ0) is 19.8. The normalized spacial score (nSPS) is 19.0. The van der Waals surface area contributed by atoms with Gasteiger partial charge in [-0.05, 0) is 56.2 Å². The highest BCUT2D eigenvalue weighted by atomic mass is 16.5. The van der Waals surface area contributed by atoms with Crippen molar-refractivity contribution in [1.82, 2.24) is 9.97 Å². The third-order valence-electron chi connectivity index (χ3n) is 5.28. The monoisotopic (exact) mass is 377 g/mol. The van der Waals surface area contributed by atoms with Crippen molar-refractivity contribution in [2.75, 3.05) is 0 Å². The van der Waals surface area contributed by atoms with Gasteiger partial charge in [0.2, 0.25) is 0 Å². The summed E-state index contributed by atoms with van der Waals surface area (Å²) in [6.45, 7) is 2.19. The Labute approximate surface area is 166 Å². The maximum absolute atomic E-state index is 12.4. The van der Waals surface area contributed by atoms with Crippen molar-refractivity contribution in [1.29, 1.82) is 5.26 Å². The SMILES string of the molecule is CCCCCc1cnc(-c2ccc(C(=O)OC3CCC(C#N)CC3)cc2)nc1. The topological polar surface area (TPSA) is 75.9 Å². The van der Waals surface area contributed by atoms with E-state index in [9.17, 15) is 4.79 Å². The van der Waals surface area contributed by atoms with Gasteiger partial charge in [0.05, 0.1) is 11.6 Å². The Bertz CT molecular complexity index is 801. The van der Waals surface area contributed by atoms with Gasteiger partial charge in [-0.3, -0.25) is 0 Å². The van der Waals surface area contributed by atoms with Gasteiger partial charge in [-0.1, -0.05) is 31.9 Å². The van der Waals surface area contributed by atoms with E-state index in [0.29, 0.717) is 11.4 Å². The predicted molar refractivity (Wildman–Crippen MR) is 107 cm³/mol. The lowest BCUT2D eigenvalue weighted by Gasteiger charge is -2.24. The predicted octanol–water partition coefficient (Wildman–Crippen LogP) is 5.12. The van der Waals surface area contributed by atoms with Crippen molar-refractivity contribution < 1.29 is 9.53 Å². The molecule has 0 unspecified atom stereocenters. The molecule has 1 fully saturated rings. The summed E-state index contributed by atoms with van der Waals surface area (Å²) in [7, 11) is 0. The van der Waals surface area contributed by atoms with Crippen LogP contribution in [0.5, 0.6) is 0 Å². The van der Waals surface area contributed by atoms with Crippen LogP contribution in [-0.2, 0) is 11.2 Å². The van der Waals surface area contributed by atoms with Gasteiger partial charge in [-0.2, -0.15) is 5.26 Å². The molecule has 0 radical (unpaired) electrons. The van der Waals surface area contributed by atoms with Crippen molar-refractivity contribution in [2.24, 2.45) is 5.92 Å². The minimum Gasteiger partial charge on any atom is -0.459 e. The molecule has 2 aromatic rings. The number of nitrogens with zero attached hydrogens (tertiary/aromatic N) is 3. The van der Waals surface area contributed by atoms with Gasteiger partial charge >= 0.3 is 5.97 Å². The first-order chi connectivity index (χ1) is 13.7. The largest absolute Gasteiger partial charge is 0.459 e. The summed E-state index contributed by atoms with van der Waals surface area (Å²) in [6.07, 6.45) is 11.4. The number of nitriles is 1. The quantitative estimate of drug-likeness (QED) is 0.495. The van der Waals surface area contributed by atoms with Gasteiger partial charge < -0.3 is 4.74 Å². The van der Waals surface area contributed by atoms with Crippen LogP contribution in [0.2, 0.25) is 0 Å². The van der Waals surface area contributed by atoms with Gasteiger partial charge in [0.15, 0.2) is 5.82 Å². The van der Waals surface area contributed by atoms with Crippen LogP contribution in [0, 0.1) is 17.2 Å². The maximum Gasteiger partial charge on any atom is 0.338 e. The molecule has 1 aromatic heterocycles. The second kappa shape index (κ2) is 9.98. The summed E-state index contributed by atoms with van der Waals surface area (Å²) in [6, 6.07) is 9.53. The Morgan fingerprint density at radius 1 is 1.11 bits per heavy atom. The number of hydrogen-bond donors (Lipinski definition) is 0. The molecule has 1 heterocycles. The highest BCUT2D eigenvalue weighted by Gasteiger charge is 2.24. The molecule has 0 bridgehead atoms. The van der Waals surface area contributed by atoms with Crippen LogP contribution >= 0.6 is 0 Å². The molecular formula is C23H27N3O2. The second-order valence-corrected chi connectivity index (χ2v) is 7.46. The van der Waals surface area contributed by atoms with Crippen molar-refractivity contribution in [3.63, 3.8) is 0 Å². The minimum atomic E-state index is -0.306. The van der Waals surface area contributed by atoms with Crippen molar-refractivity contribution in [3.8, 4) is 17.5 Å². The van der Waals surface area contributed by atoms with Crippen LogP contribution < -0.4 is 0 Å². The molecule has 3 rings (SSSR count). The molecule has 5 nitrogen and oxygen atoms in total. The van der Waals surface area contributed by atoms with E-state index >= 15 is 0 Å². The number of aromatic nitrogens is 2. The molecule has 28 heavy (non-hydrogen) atoms. The fraction of sp³-hybridized carbons (Fsp3) is 0.478. The van der Waals surface area contributed by atoms with Crippen LogP contribution in [0.25, 0.3) is 11.4 Å².